The quantitative estimate of drug-likeness (QED) is 0.370. The van der Waals surface area contributed by atoms with Crippen molar-refractivity contribution in [1.82, 2.24) is 4.90 Å². The molecule has 0 saturated carbocycles. The molecule has 3 aromatic rings. The molecule has 0 bridgehead atoms. The van der Waals surface area contributed by atoms with Crippen molar-refractivity contribution in [1.29, 1.82) is 0 Å². The largest absolute Gasteiger partial charge is 0.488 e. The van der Waals surface area contributed by atoms with Crippen molar-refractivity contribution < 1.29 is 23.5 Å². The zero-order valence-electron chi connectivity index (χ0n) is 19.9. The van der Waals surface area contributed by atoms with Crippen LogP contribution in [0.15, 0.2) is 77.7 Å². The second-order valence-corrected chi connectivity index (χ2v) is 9.54. The first kappa shape index (κ1) is 25.2. The predicted octanol–water partition coefficient (Wildman–Crippen LogP) is 6.20. The summed E-state index contributed by atoms with van der Waals surface area (Å²) in [4.78, 5) is 39.0. The highest BCUT2D eigenvalue weighted by Crippen LogP contribution is 2.34. The predicted molar refractivity (Wildman–Crippen MR) is 139 cm³/mol. The number of thioether (sulfide) groups is 1. The number of para-hydroxylation sites is 1. The van der Waals surface area contributed by atoms with Gasteiger partial charge in [-0.2, -0.15) is 0 Å². The number of hydrogen-bond acceptors (Lipinski definition) is 5. The van der Waals surface area contributed by atoms with Gasteiger partial charge in [-0.05, 0) is 65.2 Å². The van der Waals surface area contributed by atoms with E-state index < -0.39 is 17.1 Å². The third-order valence-corrected chi connectivity index (χ3v) is 6.46. The summed E-state index contributed by atoms with van der Waals surface area (Å²) in [5.74, 6) is -0.443. The van der Waals surface area contributed by atoms with Crippen LogP contribution in [0, 0.1) is 5.82 Å². The summed E-state index contributed by atoms with van der Waals surface area (Å²) in [5.41, 5.74) is 3.14. The molecule has 3 aromatic carbocycles. The summed E-state index contributed by atoms with van der Waals surface area (Å²) in [5, 5.41) is 2.22. The molecule has 0 aliphatic carbocycles. The van der Waals surface area contributed by atoms with Crippen LogP contribution in [0.2, 0.25) is 0 Å². The smallest absolute Gasteiger partial charge is 0.294 e. The van der Waals surface area contributed by atoms with Crippen LogP contribution in [0.5, 0.6) is 5.75 Å². The van der Waals surface area contributed by atoms with Crippen LogP contribution >= 0.6 is 11.8 Å². The van der Waals surface area contributed by atoms with Gasteiger partial charge in [-0.25, -0.2) is 4.39 Å². The fourth-order valence-corrected chi connectivity index (χ4v) is 4.38. The Morgan fingerprint density at radius 1 is 1.03 bits per heavy atom. The molecule has 0 radical (unpaired) electrons. The lowest BCUT2D eigenvalue weighted by molar-refractivity contribution is -0.127. The van der Waals surface area contributed by atoms with Gasteiger partial charge in [0.25, 0.3) is 11.1 Å². The Bertz CT molecular complexity index is 1300. The van der Waals surface area contributed by atoms with Crippen molar-refractivity contribution >= 4 is 40.6 Å². The molecule has 1 heterocycles. The van der Waals surface area contributed by atoms with E-state index in [9.17, 15) is 18.8 Å². The van der Waals surface area contributed by atoms with Crippen molar-refractivity contribution in [3.8, 4) is 5.75 Å². The second-order valence-electron chi connectivity index (χ2n) is 8.55. The molecule has 0 unspecified atom stereocenters. The van der Waals surface area contributed by atoms with E-state index in [4.69, 9.17) is 4.74 Å². The number of rotatable bonds is 8. The first-order valence-corrected chi connectivity index (χ1v) is 12.2. The Balaban J connectivity index is 1.42. The van der Waals surface area contributed by atoms with Crippen LogP contribution in [-0.2, 0) is 16.2 Å². The van der Waals surface area contributed by atoms with Gasteiger partial charge in [0.1, 0.15) is 24.7 Å². The minimum atomic E-state index is -0.538. The van der Waals surface area contributed by atoms with Gasteiger partial charge in [-0.15, -0.1) is 0 Å². The topological polar surface area (TPSA) is 75.7 Å². The molecular formula is C28H25FN2O4S. The lowest BCUT2D eigenvalue weighted by atomic mass is 10.0. The molecule has 36 heavy (non-hydrogen) atoms. The number of halogens is 1. The van der Waals surface area contributed by atoms with Gasteiger partial charge >= 0.3 is 0 Å². The Hall–Kier alpha value is -3.91. The molecule has 1 N–H and O–H groups in total. The number of nitrogens with zero attached hydrogens (tertiary/aromatic N) is 1. The summed E-state index contributed by atoms with van der Waals surface area (Å²) < 4.78 is 19.0. The molecule has 1 fully saturated rings. The fraction of sp³-hybridized carbons (Fsp3) is 0.179. The zero-order chi connectivity index (χ0) is 25.7. The number of benzene rings is 3. The highest BCUT2D eigenvalue weighted by Gasteiger charge is 2.36. The van der Waals surface area contributed by atoms with Gasteiger partial charge in [0.2, 0.25) is 5.91 Å². The van der Waals surface area contributed by atoms with Crippen molar-refractivity contribution in [3.63, 3.8) is 0 Å². The van der Waals surface area contributed by atoms with Gasteiger partial charge in [-0.3, -0.25) is 19.3 Å². The third kappa shape index (κ3) is 6.20. The molecule has 1 saturated heterocycles. The fourth-order valence-electron chi connectivity index (χ4n) is 3.55. The molecule has 0 atom stereocenters. The normalized spacial score (nSPS) is 14.6. The average molecular weight is 505 g/mol. The molecule has 1 aliphatic heterocycles. The Kier molecular flexibility index (Phi) is 7.85. The molecule has 4 rings (SSSR count). The van der Waals surface area contributed by atoms with E-state index in [-0.39, 0.29) is 23.9 Å². The maximum atomic E-state index is 13.1. The minimum absolute atomic E-state index is 0.201. The number of hydrogen-bond donors (Lipinski definition) is 1. The Morgan fingerprint density at radius 3 is 2.42 bits per heavy atom. The molecule has 3 amide bonds. The lowest BCUT2D eigenvalue weighted by Crippen LogP contribution is -2.36. The van der Waals surface area contributed by atoms with Crippen molar-refractivity contribution in [2.75, 3.05) is 11.9 Å². The molecular weight excluding hydrogens is 479 g/mol. The summed E-state index contributed by atoms with van der Waals surface area (Å²) in [6, 6.07) is 20.5. The standard InChI is InChI=1S/C28H25FN2O4S/c1-18(2)20-9-13-23(14-10-20)30-26(32)16-31-27(33)25(36-28(31)34)15-21-5-3-4-6-24(21)35-17-19-7-11-22(29)12-8-19/h3-15,18H,16-17H2,1-2H3,(H,30,32)/b25-15-. The first-order valence-electron chi connectivity index (χ1n) is 11.4. The van der Waals surface area contributed by atoms with Crippen molar-refractivity contribution in [2.45, 2.75) is 26.4 Å². The number of amides is 3. The van der Waals surface area contributed by atoms with Crippen molar-refractivity contribution in [3.05, 3.63) is 100 Å². The van der Waals surface area contributed by atoms with Crippen LogP contribution in [-0.4, -0.2) is 28.5 Å². The highest BCUT2D eigenvalue weighted by atomic mass is 32.2. The summed E-state index contributed by atoms with van der Waals surface area (Å²) in [6.07, 6.45) is 1.58. The third-order valence-electron chi connectivity index (χ3n) is 5.55. The lowest BCUT2D eigenvalue weighted by Gasteiger charge is -2.13. The van der Waals surface area contributed by atoms with E-state index in [1.54, 1.807) is 54.6 Å². The van der Waals surface area contributed by atoms with Crippen LogP contribution in [0.3, 0.4) is 0 Å². The first-order chi connectivity index (χ1) is 17.3. The number of ether oxygens (including phenoxy) is 1. The van der Waals surface area contributed by atoms with Gasteiger partial charge in [0, 0.05) is 11.3 Å². The Labute approximate surface area is 213 Å². The monoisotopic (exact) mass is 504 g/mol. The van der Waals surface area contributed by atoms with E-state index in [2.05, 4.69) is 19.2 Å². The van der Waals surface area contributed by atoms with E-state index in [1.165, 1.54) is 12.1 Å². The molecule has 8 heteroatoms. The molecule has 6 nitrogen and oxygen atoms in total. The SMILES string of the molecule is CC(C)c1ccc(NC(=O)CN2C(=O)S/C(=C\c3ccccc3OCc3ccc(F)cc3)C2=O)cc1. The van der Waals surface area contributed by atoms with Crippen molar-refractivity contribution in [2.24, 2.45) is 0 Å². The number of nitrogens with one attached hydrogen (secondary N) is 1. The van der Waals surface area contributed by atoms with E-state index in [0.717, 1.165) is 27.8 Å². The maximum absolute atomic E-state index is 13.1. The summed E-state index contributed by atoms with van der Waals surface area (Å²) >= 11 is 0.776. The van der Waals surface area contributed by atoms with E-state index >= 15 is 0 Å². The number of imide groups is 1. The van der Waals surface area contributed by atoms with Gasteiger partial charge < -0.3 is 10.1 Å². The summed E-state index contributed by atoms with van der Waals surface area (Å²) in [6.45, 7) is 4.00. The maximum Gasteiger partial charge on any atom is 0.294 e. The number of carbonyl (C=O) groups is 3. The second kappa shape index (κ2) is 11.2. The number of carbonyl (C=O) groups excluding carboxylic acids is 3. The molecule has 0 spiro atoms. The minimum Gasteiger partial charge on any atom is -0.488 e. The van der Waals surface area contributed by atoms with Crippen LogP contribution < -0.4 is 10.1 Å². The molecule has 0 aromatic heterocycles. The van der Waals surface area contributed by atoms with Crippen LogP contribution in [0.25, 0.3) is 6.08 Å². The van der Waals surface area contributed by atoms with E-state index in [1.807, 2.05) is 12.1 Å². The van der Waals surface area contributed by atoms with Crippen LogP contribution in [0.4, 0.5) is 14.9 Å². The van der Waals surface area contributed by atoms with E-state index in [0.29, 0.717) is 22.9 Å². The molecule has 1 aliphatic rings. The highest BCUT2D eigenvalue weighted by molar-refractivity contribution is 8.18. The molecule has 184 valence electrons. The number of anilines is 1. The van der Waals surface area contributed by atoms with Gasteiger partial charge in [-0.1, -0.05) is 56.3 Å². The van der Waals surface area contributed by atoms with Crippen LogP contribution in [0.1, 0.15) is 36.5 Å². The summed E-state index contributed by atoms with van der Waals surface area (Å²) in [7, 11) is 0. The average Bonchev–Trinajstić information content (AvgIpc) is 3.12. The van der Waals surface area contributed by atoms with Gasteiger partial charge in [0.05, 0.1) is 4.91 Å². The van der Waals surface area contributed by atoms with Gasteiger partial charge in [0.15, 0.2) is 0 Å². The Morgan fingerprint density at radius 2 is 1.72 bits per heavy atom. The zero-order valence-corrected chi connectivity index (χ0v) is 20.7.